The van der Waals surface area contributed by atoms with Crippen LogP contribution in [0, 0.1) is 11.2 Å². The van der Waals surface area contributed by atoms with Gasteiger partial charge in [-0.3, -0.25) is 14.4 Å². The first kappa shape index (κ1) is 25.4. The Bertz CT molecular complexity index is 1760. The minimum Gasteiger partial charge on any atom is -0.497 e. The van der Waals surface area contributed by atoms with Crippen molar-refractivity contribution in [1.82, 2.24) is 0 Å². The fraction of sp³-hybridized carbons (Fsp3) is 0.147. The van der Waals surface area contributed by atoms with Crippen molar-refractivity contribution in [3.8, 4) is 5.75 Å². The molecular formula is C34H23ClFNO4. The van der Waals surface area contributed by atoms with Crippen molar-refractivity contribution < 1.29 is 23.5 Å². The summed E-state index contributed by atoms with van der Waals surface area (Å²) in [6.07, 6.45) is 3.51. The SMILES string of the molecule is COc1cccc([C@@H]2[C@@H](C(=O)c3ccc(Cl)cc3)N3c4ccc(F)cc4C=C[C@@H]3C23C(=O)c2ccccc2C3=O)c1. The molecule has 1 saturated heterocycles. The van der Waals surface area contributed by atoms with Gasteiger partial charge in [-0.15, -0.1) is 0 Å². The molecule has 5 nitrogen and oxygen atoms in total. The number of methoxy groups -OCH3 is 1. The van der Waals surface area contributed by atoms with Gasteiger partial charge in [0, 0.05) is 38.9 Å². The van der Waals surface area contributed by atoms with Crippen molar-refractivity contribution in [3.05, 3.63) is 136 Å². The number of carbonyl (C=O) groups is 3. The Hall–Kier alpha value is -4.55. The second-order valence-electron chi connectivity index (χ2n) is 10.6. The number of nitrogens with zero attached hydrogens (tertiary/aromatic N) is 1. The third kappa shape index (κ3) is 3.50. The summed E-state index contributed by atoms with van der Waals surface area (Å²) in [5, 5.41) is 0.477. The molecule has 7 rings (SSSR count). The molecule has 41 heavy (non-hydrogen) atoms. The highest BCUT2D eigenvalue weighted by Gasteiger charge is 2.71. The summed E-state index contributed by atoms with van der Waals surface area (Å²) in [6, 6.07) is 23.1. The first-order valence-electron chi connectivity index (χ1n) is 13.2. The third-order valence-electron chi connectivity index (χ3n) is 8.62. The van der Waals surface area contributed by atoms with E-state index in [4.69, 9.17) is 16.3 Å². The van der Waals surface area contributed by atoms with Crippen LogP contribution in [0.3, 0.4) is 0 Å². The van der Waals surface area contributed by atoms with E-state index in [1.165, 1.54) is 12.1 Å². The minimum atomic E-state index is -1.65. The maximum Gasteiger partial charge on any atom is 0.185 e. The Kier molecular flexibility index (Phi) is 5.73. The topological polar surface area (TPSA) is 63.7 Å². The quantitative estimate of drug-likeness (QED) is 0.202. The molecule has 1 spiro atoms. The molecular weight excluding hydrogens is 541 g/mol. The van der Waals surface area contributed by atoms with Crippen molar-refractivity contribution in [2.45, 2.75) is 18.0 Å². The second kappa shape index (κ2) is 9.25. The lowest BCUT2D eigenvalue weighted by atomic mass is 9.64. The molecule has 0 bridgehead atoms. The number of hydrogen-bond donors (Lipinski definition) is 0. The number of carbonyl (C=O) groups excluding carboxylic acids is 3. The molecule has 3 aliphatic rings. The molecule has 0 N–H and O–H groups in total. The molecule has 0 amide bonds. The van der Waals surface area contributed by atoms with Crippen LogP contribution in [0.2, 0.25) is 5.02 Å². The van der Waals surface area contributed by atoms with Crippen LogP contribution in [0.25, 0.3) is 6.08 Å². The summed E-state index contributed by atoms with van der Waals surface area (Å²) < 4.78 is 19.9. The zero-order chi connectivity index (χ0) is 28.5. The molecule has 0 unspecified atom stereocenters. The van der Waals surface area contributed by atoms with Crippen molar-refractivity contribution in [3.63, 3.8) is 0 Å². The number of halogens is 2. The summed E-state index contributed by atoms with van der Waals surface area (Å²) in [5.41, 5.74) is 1.17. The maximum absolute atomic E-state index is 14.6. The van der Waals surface area contributed by atoms with Crippen LogP contribution in [0.4, 0.5) is 10.1 Å². The smallest absolute Gasteiger partial charge is 0.185 e. The first-order chi connectivity index (χ1) is 19.9. The van der Waals surface area contributed by atoms with Crippen LogP contribution < -0.4 is 9.64 Å². The fourth-order valence-corrected chi connectivity index (χ4v) is 7.07. The first-order valence-corrected chi connectivity index (χ1v) is 13.6. The van der Waals surface area contributed by atoms with E-state index in [1.807, 2.05) is 11.0 Å². The summed E-state index contributed by atoms with van der Waals surface area (Å²) >= 11 is 6.15. The van der Waals surface area contributed by atoms with Crippen LogP contribution in [0.15, 0.2) is 97.1 Å². The van der Waals surface area contributed by atoms with Gasteiger partial charge in [0.1, 0.15) is 23.0 Å². The minimum absolute atomic E-state index is 0.279. The summed E-state index contributed by atoms with van der Waals surface area (Å²) in [7, 11) is 1.54. The van der Waals surface area contributed by atoms with Crippen LogP contribution in [-0.2, 0) is 0 Å². The standard InChI is InChI=1S/C34H23ClFNO4/c1-41-24-6-4-5-21(18-24)29-30(31(38)19-9-12-22(35)13-10-19)37-27-15-14-23(36)17-20(27)11-16-28(37)34(29)32(39)25-7-2-3-8-26(25)33(34)40/h2-18,28-30H,1H3/t28-,29-,30+/m1/s1. The molecule has 0 radical (unpaired) electrons. The molecule has 1 fully saturated rings. The van der Waals surface area contributed by atoms with Crippen LogP contribution in [0.5, 0.6) is 5.75 Å². The second-order valence-corrected chi connectivity index (χ2v) is 11.0. The Morgan fingerprint density at radius 1 is 0.902 bits per heavy atom. The molecule has 2 heterocycles. The predicted octanol–water partition coefficient (Wildman–Crippen LogP) is 6.80. The number of ether oxygens (including phenoxy) is 1. The summed E-state index contributed by atoms with van der Waals surface area (Å²) in [5.74, 6) is -1.72. The van der Waals surface area contributed by atoms with E-state index in [9.17, 15) is 18.8 Å². The number of anilines is 1. The molecule has 4 aromatic rings. The fourth-order valence-electron chi connectivity index (χ4n) is 6.94. The molecule has 0 aromatic heterocycles. The van der Waals surface area contributed by atoms with Gasteiger partial charge in [-0.1, -0.05) is 60.2 Å². The maximum atomic E-state index is 14.6. The highest BCUT2D eigenvalue weighted by atomic mass is 35.5. The number of rotatable bonds is 4. The van der Waals surface area contributed by atoms with E-state index in [1.54, 1.807) is 92.1 Å². The van der Waals surface area contributed by atoms with Crippen molar-refractivity contribution >= 4 is 40.7 Å². The molecule has 3 atom stereocenters. The lowest BCUT2D eigenvalue weighted by molar-refractivity contribution is 0.0665. The lowest BCUT2D eigenvalue weighted by Gasteiger charge is -2.37. The van der Waals surface area contributed by atoms with Gasteiger partial charge < -0.3 is 9.64 Å². The Balaban J connectivity index is 1.55. The van der Waals surface area contributed by atoms with E-state index in [0.717, 1.165) is 0 Å². The predicted molar refractivity (Wildman–Crippen MR) is 155 cm³/mol. The third-order valence-corrected chi connectivity index (χ3v) is 8.87. The normalized spacial score (nSPS) is 21.5. The summed E-state index contributed by atoms with van der Waals surface area (Å²) in [6.45, 7) is 0. The van der Waals surface area contributed by atoms with Crippen molar-refractivity contribution in [1.29, 1.82) is 0 Å². The van der Waals surface area contributed by atoms with E-state index < -0.39 is 29.2 Å². The van der Waals surface area contributed by atoms with E-state index in [2.05, 4.69) is 0 Å². The average molecular weight is 564 g/mol. The number of ketones is 3. The molecule has 1 aliphatic carbocycles. The van der Waals surface area contributed by atoms with Gasteiger partial charge in [0.2, 0.25) is 0 Å². The largest absolute Gasteiger partial charge is 0.497 e. The van der Waals surface area contributed by atoms with Crippen LogP contribution in [-0.4, -0.2) is 36.5 Å². The number of fused-ring (bicyclic) bond motifs is 5. The van der Waals surface area contributed by atoms with Gasteiger partial charge in [0.05, 0.1) is 13.2 Å². The summed E-state index contributed by atoms with van der Waals surface area (Å²) in [4.78, 5) is 45.7. The van der Waals surface area contributed by atoms with Gasteiger partial charge in [-0.05, 0) is 60.2 Å². The van der Waals surface area contributed by atoms with Gasteiger partial charge in [-0.2, -0.15) is 0 Å². The number of Topliss-reactive ketones (excluding diaryl/α,β-unsaturated/α-hetero) is 3. The highest BCUT2D eigenvalue weighted by molar-refractivity contribution is 6.32. The van der Waals surface area contributed by atoms with E-state index in [0.29, 0.717) is 44.3 Å². The van der Waals surface area contributed by atoms with Crippen LogP contribution >= 0.6 is 11.6 Å². The Morgan fingerprint density at radius 2 is 1.61 bits per heavy atom. The number of benzene rings is 4. The van der Waals surface area contributed by atoms with Gasteiger partial charge >= 0.3 is 0 Å². The van der Waals surface area contributed by atoms with Crippen molar-refractivity contribution in [2.24, 2.45) is 5.41 Å². The molecule has 2 aliphatic heterocycles. The monoisotopic (exact) mass is 563 g/mol. The zero-order valence-corrected chi connectivity index (χ0v) is 22.6. The Morgan fingerprint density at radius 3 is 2.29 bits per heavy atom. The highest BCUT2D eigenvalue weighted by Crippen LogP contribution is 2.61. The molecule has 4 aromatic carbocycles. The van der Waals surface area contributed by atoms with E-state index in [-0.39, 0.29) is 17.3 Å². The molecule has 7 heteroatoms. The van der Waals surface area contributed by atoms with Gasteiger partial charge in [-0.25, -0.2) is 4.39 Å². The lowest BCUT2D eigenvalue weighted by Crippen LogP contribution is -2.48. The Labute approximate surface area is 240 Å². The van der Waals surface area contributed by atoms with Crippen LogP contribution in [0.1, 0.15) is 48.1 Å². The van der Waals surface area contributed by atoms with E-state index >= 15 is 0 Å². The molecule has 0 saturated carbocycles. The van der Waals surface area contributed by atoms with Gasteiger partial charge in [0.15, 0.2) is 17.3 Å². The number of hydrogen-bond acceptors (Lipinski definition) is 5. The zero-order valence-electron chi connectivity index (χ0n) is 21.9. The average Bonchev–Trinajstić information content (AvgIpc) is 3.43. The van der Waals surface area contributed by atoms with Gasteiger partial charge in [0.25, 0.3) is 0 Å². The molecule has 202 valence electrons. The van der Waals surface area contributed by atoms with Crippen molar-refractivity contribution in [2.75, 3.05) is 12.0 Å².